The Balaban J connectivity index is 2.39. The van der Waals surface area contributed by atoms with E-state index in [1.54, 1.807) is 0 Å². The van der Waals surface area contributed by atoms with E-state index < -0.39 is 10.0 Å². The quantitative estimate of drug-likeness (QED) is 0.628. The van der Waals surface area contributed by atoms with Gasteiger partial charge in [-0.3, -0.25) is 4.90 Å². The second kappa shape index (κ2) is 4.36. The molecule has 0 atom stereocenters. The van der Waals surface area contributed by atoms with E-state index in [0.717, 1.165) is 19.8 Å². The topological polar surface area (TPSA) is 52.6 Å². The van der Waals surface area contributed by atoms with Gasteiger partial charge in [-0.2, -0.15) is 4.31 Å². The average molecular weight is 207 g/mol. The van der Waals surface area contributed by atoms with Crippen molar-refractivity contribution < 1.29 is 8.42 Å². The zero-order valence-electron chi connectivity index (χ0n) is 8.15. The molecule has 0 radical (unpaired) electrons. The van der Waals surface area contributed by atoms with Crippen molar-refractivity contribution in [1.82, 2.24) is 14.5 Å². The van der Waals surface area contributed by atoms with Crippen molar-refractivity contribution in [2.24, 2.45) is 0 Å². The van der Waals surface area contributed by atoms with E-state index in [1.807, 2.05) is 7.05 Å². The Labute approximate surface area is 79.8 Å². The van der Waals surface area contributed by atoms with Gasteiger partial charge in [-0.25, -0.2) is 8.42 Å². The fourth-order valence-corrected chi connectivity index (χ4v) is 2.27. The van der Waals surface area contributed by atoms with Gasteiger partial charge in [-0.15, -0.1) is 0 Å². The van der Waals surface area contributed by atoms with Crippen molar-refractivity contribution in [2.75, 3.05) is 46.2 Å². The molecule has 1 aliphatic heterocycles. The van der Waals surface area contributed by atoms with Crippen LogP contribution in [-0.4, -0.2) is 63.8 Å². The molecule has 0 aliphatic carbocycles. The summed E-state index contributed by atoms with van der Waals surface area (Å²) < 4.78 is 23.8. The third-order valence-electron chi connectivity index (χ3n) is 2.18. The molecule has 0 bridgehead atoms. The number of nitrogens with one attached hydrogen (secondary N) is 1. The summed E-state index contributed by atoms with van der Waals surface area (Å²) in [7, 11) is -1.09. The second-order valence-corrected chi connectivity index (χ2v) is 5.27. The molecule has 0 spiro atoms. The molecule has 1 rings (SSSR count). The van der Waals surface area contributed by atoms with Gasteiger partial charge in [-0.1, -0.05) is 0 Å². The van der Waals surface area contributed by atoms with Crippen LogP contribution < -0.4 is 5.32 Å². The average Bonchev–Trinajstić information content (AvgIpc) is 2.04. The van der Waals surface area contributed by atoms with Crippen molar-refractivity contribution >= 4 is 10.0 Å². The van der Waals surface area contributed by atoms with E-state index in [2.05, 4.69) is 10.2 Å². The van der Waals surface area contributed by atoms with Gasteiger partial charge in [0.25, 0.3) is 0 Å². The van der Waals surface area contributed by atoms with Crippen LogP contribution in [0.3, 0.4) is 0 Å². The zero-order valence-corrected chi connectivity index (χ0v) is 8.97. The summed E-state index contributed by atoms with van der Waals surface area (Å²) in [4.78, 5) is 2.20. The normalized spacial score (nSPS) is 22.0. The van der Waals surface area contributed by atoms with Gasteiger partial charge < -0.3 is 5.32 Å². The van der Waals surface area contributed by atoms with Gasteiger partial charge in [-0.05, 0) is 7.05 Å². The number of hydrogen-bond donors (Lipinski definition) is 1. The molecule has 0 amide bonds. The summed E-state index contributed by atoms with van der Waals surface area (Å²) in [5, 5.41) is 3.05. The highest BCUT2D eigenvalue weighted by Gasteiger charge is 2.22. The summed E-state index contributed by atoms with van der Waals surface area (Å²) in [6, 6.07) is 0. The van der Waals surface area contributed by atoms with Crippen molar-refractivity contribution in [2.45, 2.75) is 0 Å². The van der Waals surface area contributed by atoms with Crippen LogP contribution in [0.15, 0.2) is 0 Å². The lowest BCUT2D eigenvalue weighted by Crippen LogP contribution is -2.50. The minimum atomic E-state index is -2.98. The fraction of sp³-hybridized carbons (Fsp3) is 1.00. The van der Waals surface area contributed by atoms with Crippen LogP contribution in [0.25, 0.3) is 0 Å². The van der Waals surface area contributed by atoms with E-state index in [1.165, 1.54) is 10.6 Å². The highest BCUT2D eigenvalue weighted by atomic mass is 32.2. The lowest BCUT2D eigenvalue weighted by Gasteiger charge is -2.32. The minimum Gasteiger partial charge on any atom is -0.307 e. The molecule has 5 nitrogen and oxygen atoms in total. The SMILES string of the molecule is CNCN1CCN(S(C)(=O)=O)CC1. The van der Waals surface area contributed by atoms with E-state index in [-0.39, 0.29) is 0 Å². The molecule has 0 unspecified atom stereocenters. The minimum absolute atomic E-state index is 0.612. The van der Waals surface area contributed by atoms with Crippen LogP contribution >= 0.6 is 0 Å². The van der Waals surface area contributed by atoms with E-state index in [4.69, 9.17) is 0 Å². The molecule has 0 saturated carbocycles. The van der Waals surface area contributed by atoms with Crippen LogP contribution in [0.4, 0.5) is 0 Å². The van der Waals surface area contributed by atoms with Crippen LogP contribution in [0.2, 0.25) is 0 Å². The zero-order chi connectivity index (χ0) is 9.90. The Hall–Kier alpha value is -0.170. The van der Waals surface area contributed by atoms with Crippen molar-refractivity contribution in [1.29, 1.82) is 0 Å². The summed E-state index contributed by atoms with van der Waals surface area (Å²) in [5.74, 6) is 0. The predicted octanol–water partition coefficient (Wildman–Crippen LogP) is -1.26. The fourth-order valence-electron chi connectivity index (χ4n) is 1.44. The maximum atomic E-state index is 11.1. The molecular weight excluding hydrogens is 190 g/mol. The Bertz CT molecular complexity index is 244. The first kappa shape index (κ1) is 10.9. The van der Waals surface area contributed by atoms with Crippen molar-refractivity contribution in [3.63, 3.8) is 0 Å². The maximum Gasteiger partial charge on any atom is 0.211 e. The maximum absolute atomic E-state index is 11.1. The summed E-state index contributed by atoms with van der Waals surface area (Å²) >= 11 is 0. The van der Waals surface area contributed by atoms with Crippen LogP contribution in [0.5, 0.6) is 0 Å². The van der Waals surface area contributed by atoms with Crippen molar-refractivity contribution in [3.05, 3.63) is 0 Å². The second-order valence-electron chi connectivity index (χ2n) is 3.29. The molecule has 78 valence electrons. The Kier molecular flexibility index (Phi) is 3.66. The summed E-state index contributed by atoms with van der Waals surface area (Å²) in [6.45, 7) is 3.68. The first-order valence-corrected chi connectivity index (χ1v) is 6.21. The monoisotopic (exact) mass is 207 g/mol. The molecule has 0 aromatic rings. The van der Waals surface area contributed by atoms with Gasteiger partial charge in [0.05, 0.1) is 6.26 Å². The first-order chi connectivity index (χ1) is 6.04. The molecule has 0 aromatic carbocycles. The summed E-state index contributed by atoms with van der Waals surface area (Å²) in [5.41, 5.74) is 0. The predicted molar refractivity (Wildman–Crippen MR) is 51.9 cm³/mol. The van der Waals surface area contributed by atoms with Gasteiger partial charge in [0.15, 0.2) is 0 Å². The number of sulfonamides is 1. The number of piperazine rings is 1. The first-order valence-electron chi connectivity index (χ1n) is 4.36. The molecule has 0 aromatic heterocycles. The molecule has 1 saturated heterocycles. The molecule has 1 aliphatic rings. The number of nitrogens with zero attached hydrogens (tertiary/aromatic N) is 2. The van der Waals surface area contributed by atoms with E-state index in [0.29, 0.717) is 13.1 Å². The smallest absolute Gasteiger partial charge is 0.211 e. The number of hydrogen-bond acceptors (Lipinski definition) is 4. The van der Waals surface area contributed by atoms with E-state index >= 15 is 0 Å². The van der Waals surface area contributed by atoms with Gasteiger partial charge >= 0.3 is 0 Å². The Morgan fingerprint density at radius 3 is 2.15 bits per heavy atom. The summed E-state index contributed by atoms with van der Waals surface area (Å²) in [6.07, 6.45) is 1.26. The van der Waals surface area contributed by atoms with Gasteiger partial charge in [0, 0.05) is 32.8 Å². The molecule has 6 heteroatoms. The highest BCUT2D eigenvalue weighted by molar-refractivity contribution is 7.88. The molecular formula is C7H17N3O2S. The lowest BCUT2D eigenvalue weighted by atomic mass is 10.4. The number of rotatable bonds is 3. The molecule has 1 fully saturated rings. The third kappa shape index (κ3) is 3.22. The van der Waals surface area contributed by atoms with Crippen molar-refractivity contribution in [3.8, 4) is 0 Å². The largest absolute Gasteiger partial charge is 0.307 e. The van der Waals surface area contributed by atoms with Crippen LogP contribution in [0, 0.1) is 0 Å². The highest BCUT2D eigenvalue weighted by Crippen LogP contribution is 2.04. The van der Waals surface area contributed by atoms with Gasteiger partial charge in [0.2, 0.25) is 10.0 Å². The lowest BCUT2D eigenvalue weighted by molar-refractivity contribution is 0.181. The Morgan fingerprint density at radius 1 is 1.23 bits per heavy atom. The van der Waals surface area contributed by atoms with Crippen LogP contribution in [0.1, 0.15) is 0 Å². The van der Waals surface area contributed by atoms with Gasteiger partial charge in [0.1, 0.15) is 0 Å². The van der Waals surface area contributed by atoms with E-state index in [9.17, 15) is 8.42 Å². The third-order valence-corrected chi connectivity index (χ3v) is 3.49. The molecule has 1 N–H and O–H groups in total. The molecule has 1 heterocycles. The van der Waals surface area contributed by atoms with Crippen LogP contribution in [-0.2, 0) is 10.0 Å². The Morgan fingerprint density at radius 2 is 1.77 bits per heavy atom. The standard InChI is InChI=1S/C7H17N3O2S/c1-8-7-9-3-5-10(6-4-9)13(2,11)12/h8H,3-7H2,1-2H3. The molecule has 13 heavy (non-hydrogen) atoms.